The fourth-order valence-corrected chi connectivity index (χ4v) is 2.49. The summed E-state index contributed by atoms with van der Waals surface area (Å²) in [5.74, 6) is 0.791. The molecule has 0 spiro atoms. The first kappa shape index (κ1) is 17.0. The minimum Gasteiger partial charge on any atom is -0.497 e. The SMILES string of the molecule is COc1ccc(CNC(c2ccccc2)C(C)(C)[N+](=O)[O-])cc1. The van der Waals surface area contributed by atoms with Crippen molar-refractivity contribution in [1.82, 2.24) is 5.32 Å². The van der Waals surface area contributed by atoms with Crippen LogP contribution in [0.3, 0.4) is 0 Å². The van der Waals surface area contributed by atoms with E-state index in [1.807, 2.05) is 54.6 Å². The van der Waals surface area contributed by atoms with Gasteiger partial charge >= 0.3 is 0 Å². The number of nitro groups is 1. The maximum absolute atomic E-state index is 11.5. The van der Waals surface area contributed by atoms with E-state index in [2.05, 4.69) is 5.32 Å². The Morgan fingerprint density at radius 3 is 2.26 bits per heavy atom. The van der Waals surface area contributed by atoms with Crippen molar-refractivity contribution in [2.75, 3.05) is 7.11 Å². The van der Waals surface area contributed by atoms with Crippen molar-refractivity contribution in [3.63, 3.8) is 0 Å². The Morgan fingerprint density at radius 2 is 1.74 bits per heavy atom. The van der Waals surface area contributed by atoms with E-state index >= 15 is 0 Å². The van der Waals surface area contributed by atoms with Gasteiger partial charge in [0.25, 0.3) is 0 Å². The molecule has 23 heavy (non-hydrogen) atoms. The monoisotopic (exact) mass is 314 g/mol. The first-order valence-corrected chi connectivity index (χ1v) is 7.51. The highest BCUT2D eigenvalue weighted by Gasteiger charge is 2.41. The first-order chi connectivity index (χ1) is 10.9. The summed E-state index contributed by atoms with van der Waals surface area (Å²) >= 11 is 0. The second-order valence-corrected chi connectivity index (χ2v) is 5.98. The molecule has 2 aromatic rings. The molecule has 0 aliphatic rings. The molecule has 0 saturated heterocycles. The molecule has 0 aromatic heterocycles. The lowest BCUT2D eigenvalue weighted by molar-refractivity contribution is -0.566. The molecule has 2 aromatic carbocycles. The Labute approximate surface area is 136 Å². The molecule has 1 unspecified atom stereocenters. The minimum absolute atomic E-state index is 0.230. The van der Waals surface area contributed by atoms with Crippen LogP contribution in [0.4, 0.5) is 0 Å². The van der Waals surface area contributed by atoms with Crippen LogP contribution in [0.15, 0.2) is 54.6 Å². The van der Waals surface area contributed by atoms with E-state index in [1.54, 1.807) is 21.0 Å². The van der Waals surface area contributed by atoms with Crippen LogP contribution >= 0.6 is 0 Å². The quantitative estimate of drug-likeness (QED) is 0.626. The lowest BCUT2D eigenvalue weighted by Gasteiger charge is -2.28. The second-order valence-electron chi connectivity index (χ2n) is 5.98. The van der Waals surface area contributed by atoms with Crippen LogP contribution in [0.1, 0.15) is 31.0 Å². The molecule has 0 aliphatic heterocycles. The van der Waals surface area contributed by atoms with E-state index in [9.17, 15) is 10.1 Å². The predicted octanol–water partition coefficient (Wildman–Crippen LogP) is 3.58. The van der Waals surface area contributed by atoms with Crippen molar-refractivity contribution in [2.24, 2.45) is 0 Å². The van der Waals surface area contributed by atoms with Crippen LogP contribution in [0, 0.1) is 10.1 Å². The number of nitrogens with zero attached hydrogens (tertiary/aromatic N) is 1. The third-order valence-corrected chi connectivity index (χ3v) is 3.98. The Morgan fingerprint density at radius 1 is 1.13 bits per heavy atom. The Hall–Kier alpha value is -2.40. The first-order valence-electron chi connectivity index (χ1n) is 7.51. The number of benzene rings is 2. The van der Waals surface area contributed by atoms with Gasteiger partial charge in [-0.15, -0.1) is 0 Å². The van der Waals surface area contributed by atoms with E-state index in [-0.39, 0.29) is 11.0 Å². The number of rotatable bonds is 7. The van der Waals surface area contributed by atoms with Crippen LogP contribution in [-0.4, -0.2) is 17.6 Å². The topological polar surface area (TPSA) is 64.4 Å². The molecule has 0 radical (unpaired) electrons. The molecular weight excluding hydrogens is 292 g/mol. The summed E-state index contributed by atoms with van der Waals surface area (Å²) in [6.45, 7) is 3.83. The highest BCUT2D eigenvalue weighted by Crippen LogP contribution is 2.28. The van der Waals surface area contributed by atoms with Crippen LogP contribution in [0.25, 0.3) is 0 Å². The van der Waals surface area contributed by atoms with Gasteiger partial charge in [0.15, 0.2) is 0 Å². The zero-order valence-corrected chi connectivity index (χ0v) is 13.7. The molecule has 0 aliphatic carbocycles. The molecule has 0 heterocycles. The zero-order chi connectivity index (χ0) is 16.9. The van der Waals surface area contributed by atoms with Gasteiger partial charge in [-0.3, -0.25) is 15.4 Å². The minimum atomic E-state index is -1.12. The van der Waals surface area contributed by atoms with Gasteiger partial charge in [-0.2, -0.15) is 0 Å². The second kappa shape index (κ2) is 7.24. The Bertz CT molecular complexity index is 639. The average Bonchev–Trinajstić information content (AvgIpc) is 2.56. The summed E-state index contributed by atoms with van der Waals surface area (Å²) in [7, 11) is 1.62. The number of hydrogen-bond acceptors (Lipinski definition) is 4. The van der Waals surface area contributed by atoms with Crippen molar-refractivity contribution in [2.45, 2.75) is 32.0 Å². The van der Waals surface area contributed by atoms with Gasteiger partial charge in [0.2, 0.25) is 5.54 Å². The molecule has 2 rings (SSSR count). The third-order valence-electron chi connectivity index (χ3n) is 3.98. The van der Waals surface area contributed by atoms with Gasteiger partial charge in [0.05, 0.1) is 7.11 Å². The maximum atomic E-state index is 11.5. The molecular formula is C18H22N2O3. The number of methoxy groups -OCH3 is 1. The van der Waals surface area contributed by atoms with Gasteiger partial charge in [-0.05, 0) is 23.3 Å². The van der Waals surface area contributed by atoms with Crippen LogP contribution < -0.4 is 10.1 Å². The molecule has 1 N–H and O–H groups in total. The standard InChI is InChI=1S/C18H22N2O3/c1-18(2,20(21)22)17(15-7-5-4-6-8-15)19-13-14-9-11-16(23-3)12-10-14/h4-12,17,19H,13H2,1-3H3. The molecule has 0 saturated carbocycles. The van der Waals surface area contributed by atoms with Crippen LogP contribution in [0.5, 0.6) is 5.75 Å². The maximum Gasteiger partial charge on any atom is 0.235 e. The molecule has 5 nitrogen and oxygen atoms in total. The highest BCUT2D eigenvalue weighted by atomic mass is 16.6. The van der Waals surface area contributed by atoms with Gasteiger partial charge < -0.3 is 4.74 Å². The normalized spacial score (nSPS) is 12.7. The summed E-state index contributed by atoms with van der Waals surface area (Å²) in [5, 5.41) is 14.8. The third kappa shape index (κ3) is 4.07. The van der Waals surface area contributed by atoms with Gasteiger partial charge in [-0.25, -0.2) is 0 Å². The molecule has 1 atom stereocenters. The van der Waals surface area contributed by atoms with Crippen molar-refractivity contribution >= 4 is 0 Å². The molecule has 0 bridgehead atoms. The average molecular weight is 314 g/mol. The zero-order valence-electron chi connectivity index (χ0n) is 13.7. The van der Waals surface area contributed by atoms with E-state index in [4.69, 9.17) is 4.74 Å². The predicted molar refractivity (Wildman–Crippen MR) is 90.1 cm³/mol. The van der Waals surface area contributed by atoms with Crippen molar-refractivity contribution < 1.29 is 9.66 Å². The summed E-state index contributed by atoms with van der Waals surface area (Å²) in [6.07, 6.45) is 0. The fourth-order valence-electron chi connectivity index (χ4n) is 2.49. The van der Waals surface area contributed by atoms with Gasteiger partial charge in [-0.1, -0.05) is 42.5 Å². The van der Waals surface area contributed by atoms with Crippen molar-refractivity contribution in [3.8, 4) is 5.75 Å². The van der Waals surface area contributed by atoms with Crippen LogP contribution in [-0.2, 0) is 6.54 Å². The van der Waals surface area contributed by atoms with Crippen molar-refractivity contribution in [3.05, 3.63) is 75.8 Å². The lowest BCUT2D eigenvalue weighted by atomic mass is 9.89. The van der Waals surface area contributed by atoms with E-state index in [1.165, 1.54) is 0 Å². The lowest BCUT2D eigenvalue weighted by Crippen LogP contribution is -2.45. The number of hydrogen-bond donors (Lipinski definition) is 1. The molecule has 122 valence electrons. The smallest absolute Gasteiger partial charge is 0.235 e. The fraction of sp³-hybridized carbons (Fsp3) is 0.333. The van der Waals surface area contributed by atoms with Gasteiger partial charge in [0, 0.05) is 25.3 Å². The Balaban J connectivity index is 2.19. The van der Waals surface area contributed by atoms with E-state index in [0.29, 0.717) is 6.54 Å². The summed E-state index contributed by atoms with van der Waals surface area (Å²) in [6, 6.07) is 16.8. The molecule has 0 amide bonds. The summed E-state index contributed by atoms with van der Waals surface area (Å²) in [4.78, 5) is 11.2. The van der Waals surface area contributed by atoms with Gasteiger partial charge in [0.1, 0.15) is 11.8 Å². The van der Waals surface area contributed by atoms with E-state index < -0.39 is 5.54 Å². The summed E-state index contributed by atoms with van der Waals surface area (Å²) < 4.78 is 5.14. The highest BCUT2D eigenvalue weighted by molar-refractivity contribution is 5.28. The van der Waals surface area contributed by atoms with E-state index in [0.717, 1.165) is 16.9 Å². The molecule has 0 fully saturated rings. The Kier molecular flexibility index (Phi) is 5.34. The van der Waals surface area contributed by atoms with Crippen LogP contribution in [0.2, 0.25) is 0 Å². The molecule has 5 heteroatoms. The number of ether oxygens (including phenoxy) is 1. The summed E-state index contributed by atoms with van der Waals surface area (Å²) in [5.41, 5.74) is 0.835. The van der Waals surface area contributed by atoms with Crippen molar-refractivity contribution in [1.29, 1.82) is 0 Å². The largest absolute Gasteiger partial charge is 0.497 e. The number of nitrogens with one attached hydrogen (secondary N) is 1.